The Labute approximate surface area is 135 Å². The second kappa shape index (κ2) is 6.12. The van der Waals surface area contributed by atoms with Crippen LogP contribution >= 0.6 is 0 Å². The number of hydrazone groups is 1. The molecule has 3 rings (SSSR count). The topological polar surface area (TPSA) is 62.3 Å². The standard InChI is InChI=1S/C18H20N4O/c1-18(2,3)23-14-10-8-13(9-11-14)12-19-22-17-20-15-6-4-5-7-16(15)21-17/h4-12H,1-3H3,(H2,20,21,22)/b19-12-. The van der Waals surface area contributed by atoms with Crippen molar-refractivity contribution in [2.75, 3.05) is 5.43 Å². The van der Waals surface area contributed by atoms with Gasteiger partial charge in [-0.15, -0.1) is 0 Å². The highest BCUT2D eigenvalue weighted by Crippen LogP contribution is 2.18. The molecule has 0 fully saturated rings. The molecule has 118 valence electrons. The molecule has 0 spiro atoms. The van der Waals surface area contributed by atoms with Crippen LogP contribution in [0.2, 0.25) is 0 Å². The van der Waals surface area contributed by atoms with Gasteiger partial charge in [-0.25, -0.2) is 10.4 Å². The van der Waals surface area contributed by atoms with Gasteiger partial charge in [-0.1, -0.05) is 12.1 Å². The zero-order valence-corrected chi connectivity index (χ0v) is 13.5. The molecular weight excluding hydrogens is 288 g/mol. The fraction of sp³-hybridized carbons (Fsp3) is 0.222. The molecule has 0 unspecified atom stereocenters. The van der Waals surface area contributed by atoms with E-state index in [0.29, 0.717) is 5.95 Å². The summed E-state index contributed by atoms with van der Waals surface area (Å²) in [5.41, 5.74) is 5.58. The van der Waals surface area contributed by atoms with E-state index in [0.717, 1.165) is 22.3 Å². The predicted molar refractivity (Wildman–Crippen MR) is 94.1 cm³/mol. The summed E-state index contributed by atoms with van der Waals surface area (Å²) in [5, 5.41) is 4.20. The monoisotopic (exact) mass is 308 g/mol. The van der Waals surface area contributed by atoms with Gasteiger partial charge >= 0.3 is 0 Å². The van der Waals surface area contributed by atoms with Gasteiger partial charge in [-0.2, -0.15) is 5.10 Å². The van der Waals surface area contributed by atoms with Crippen molar-refractivity contribution in [2.45, 2.75) is 26.4 Å². The van der Waals surface area contributed by atoms with Crippen molar-refractivity contribution < 1.29 is 4.74 Å². The number of hydrogen-bond donors (Lipinski definition) is 2. The number of hydrogen-bond acceptors (Lipinski definition) is 4. The van der Waals surface area contributed by atoms with Gasteiger partial charge in [0.05, 0.1) is 17.2 Å². The molecular formula is C18H20N4O. The first-order valence-corrected chi connectivity index (χ1v) is 7.52. The van der Waals surface area contributed by atoms with E-state index in [-0.39, 0.29) is 5.60 Å². The van der Waals surface area contributed by atoms with Gasteiger partial charge in [0, 0.05) is 0 Å². The van der Waals surface area contributed by atoms with Gasteiger partial charge < -0.3 is 9.72 Å². The average Bonchev–Trinajstić information content (AvgIpc) is 2.90. The molecule has 0 saturated carbocycles. The molecule has 0 aliphatic rings. The minimum atomic E-state index is -0.196. The molecule has 0 amide bonds. The average molecular weight is 308 g/mol. The predicted octanol–water partition coefficient (Wildman–Crippen LogP) is 4.19. The van der Waals surface area contributed by atoms with E-state index in [2.05, 4.69) is 20.5 Å². The molecule has 23 heavy (non-hydrogen) atoms. The zero-order valence-electron chi connectivity index (χ0n) is 13.5. The lowest BCUT2D eigenvalue weighted by atomic mass is 10.2. The van der Waals surface area contributed by atoms with Gasteiger partial charge in [0.15, 0.2) is 0 Å². The van der Waals surface area contributed by atoms with Crippen LogP contribution in [0.1, 0.15) is 26.3 Å². The number of fused-ring (bicyclic) bond motifs is 1. The first kappa shape index (κ1) is 15.1. The fourth-order valence-corrected chi connectivity index (χ4v) is 2.15. The maximum absolute atomic E-state index is 5.79. The number of rotatable bonds is 4. The Balaban J connectivity index is 1.63. The van der Waals surface area contributed by atoms with E-state index < -0.39 is 0 Å². The van der Waals surface area contributed by atoms with Gasteiger partial charge in [-0.05, 0) is 62.7 Å². The minimum Gasteiger partial charge on any atom is -0.488 e. The van der Waals surface area contributed by atoms with Crippen LogP contribution in [0.4, 0.5) is 5.95 Å². The van der Waals surface area contributed by atoms with Crippen LogP contribution in [0.15, 0.2) is 53.6 Å². The summed E-state index contributed by atoms with van der Waals surface area (Å²) < 4.78 is 5.79. The van der Waals surface area contributed by atoms with Crippen molar-refractivity contribution in [3.8, 4) is 5.75 Å². The Morgan fingerprint density at radius 2 is 1.83 bits per heavy atom. The van der Waals surface area contributed by atoms with Crippen LogP contribution in [-0.2, 0) is 0 Å². The van der Waals surface area contributed by atoms with E-state index in [9.17, 15) is 0 Å². The Bertz CT molecular complexity index is 780. The molecule has 0 aliphatic heterocycles. The molecule has 0 aliphatic carbocycles. The summed E-state index contributed by atoms with van der Waals surface area (Å²) in [6.07, 6.45) is 1.74. The van der Waals surface area contributed by atoms with Gasteiger partial charge in [0.1, 0.15) is 11.4 Å². The molecule has 1 aromatic heterocycles. The van der Waals surface area contributed by atoms with E-state index in [1.165, 1.54) is 0 Å². The highest BCUT2D eigenvalue weighted by atomic mass is 16.5. The van der Waals surface area contributed by atoms with Crippen LogP contribution < -0.4 is 10.2 Å². The van der Waals surface area contributed by atoms with Gasteiger partial charge in [0.2, 0.25) is 5.95 Å². The van der Waals surface area contributed by atoms with Crippen LogP contribution in [0.3, 0.4) is 0 Å². The van der Waals surface area contributed by atoms with E-state index in [4.69, 9.17) is 4.74 Å². The van der Waals surface area contributed by atoms with Crippen LogP contribution in [0.25, 0.3) is 11.0 Å². The largest absolute Gasteiger partial charge is 0.488 e. The maximum atomic E-state index is 5.79. The second-order valence-electron chi connectivity index (χ2n) is 6.26. The molecule has 2 aromatic carbocycles. The Hall–Kier alpha value is -2.82. The van der Waals surface area contributed by atoms with Gasteiger partial charge in [0.25, 0.3) is 0 Å². The lowest BCUT2D eigenvalue weighted by Gasteiger charge is -2.21. The van der Waals surface area contributed by atoms with Crippen LogP contribution in [0, 0.1) is 0 Å². The number of benzene rings is 2. The summed E-state index contributed by atoms with van der Waals surface area (Å²) >= 11 is 0. The minimum absolute atomic E-state index is 0.196. The van der Waals surface area contributed by atoms with Crippen molar-refractivity contribution in [3.63, 3.8) is 0 Å². The summed E-state index contributed by atoms with van der Waals surface area (Å²) in [6.45, 7) is 6.08. The smallest absolute Gasteiger partial charge is 0.222 e. The van der Waals surface area contributed by atoms with Crippen LogP contribution in [-0.4, -0.2) is 21.8 Å². The van der Waals surface area contributed by atoms with E-state index in [1.807, 2.05) is 69.3 Å². The molecule has 0 radical (unpaired) electrons. The lowest BCUT2D eigenvalue weighted by molar-refractivity contribution is 0.131. The van der Waals surface area contributed by atoms with E-state index in [1.54, 1.807) is 6.21 Å². The van der Waals surface area contributed by atoms with E-state index >= 15 is 0 Å². The number of imidazole rings is 1. The first-order valence-electron chi connectivity index (χ1n) is 7.52. The van der Waals surface area contributed by atoms with Crippen molar-refractivity contribution in [1.29, 1.82) is 0 Å². The summed E-state index contributed by atoms with van der Waals surface area (Å²) in [5.74, 6) is 1.47. The Morgan fingerprint density at radius 1 is 1.09 bits per heavy atom. The SMILES string of the molecule is CC(C)(C)Oc1ccc(/C=N\Nc2nc3ccccc3[nH]2)cc1. The maximum Gasteiger partial charge on any atom is 0.222 e. The molecule has 1 heterocycles. The van der Waals surface area contributed by atoms with Crippen molar-refractivity contribution in [3.05, 3.63) is 54.1 Å². The number of aromatic amines is 1. The summed E-state index contributed by atoms with van der Waals surface area (Å²) in [4.78, 5) is 7.56. The second-order valence-corrected chi connectivity index (χ2v) is 6.26. The number of ether oxygens (including phenoxy) is 1. The highest BCUT2D eigenvalue weighted by molar-refractivity contribution is 5.81. The summed E-state index contributed by atoms with van der Waals surface area (Å²) in [7, 11) is 0. The summed E-state index contributed by atoms with van der Waals surface area (Å²) in [6, 6.07) is 15.7. The normalized spacial score (nSPS) is 12.0. The van der Waals surface area contributed by atoms with Crippen molar-refractivity contribution in [1.82, 2.24) is 9.97 Å². The van der Waals surface area contributed by atoms with Gasteiger partial charge in [-0.3, -0.25) is 0 Å². The molecule has 5 nitrogen and oxygen atoms in total. The quantitative estimate of drug-likeness (QED) is 0.561. The third-order valence-corrected chi connectivity index (χ3v) is 3.08. The van der Waals surface area contributed by atoms with Crippen molar-refractivity contribution in [2.24, 2.45) is 5.10 Å². The van der Waals surface area contributed by atoms with Crippen molar-refractivity contribution >= 4 is 23.2 Å². The number of para-hydroxylation sites is 2. The number of aromatic nitrogens is 2. The molecule has 0 bridgehead atoms. The number of H-pyrrole nitrogens is 1. The molecule has 0 atom stereocenters. The molecule has 2 N–H and O–H groups in total. The third-order valence-electron chi connectivity index (χ3n) is 3.08. The highest BCUT2D eigenvalue weighted by Gasteiger charge is 2.11. The fourth-order valence-electron chi connectivity index (χ4n) is 2.15. The Morgan fingerprint density at radius 3 is 2.52 bits per heavy atom. The molecule has 3 aromatic rings. The van der Waals surface area contributed by atoms with Crippen LogP contribution in [0.5, 0.6) is 5.75 Å². The number of nitrogens with zero attached hydrogens (tertiary/aromatic N) is 2. The molecule has 0 saturated heterocycles. The lowest BCUT2D eigenvalue weighted by Crippen LogP contribution is -2.22. The third kappa shape index (κ3) is 4.10. The number of nitrogens with one attached hydrogen (secondary N) is 2. The Kier molecular flexibility index (Phi) is 4.02. The number of anilines is 1. The zero-order chi connectivity index (χ0) is 16.3. The first-order chi connectivity index (χ1) is 11.0. The molecule has 5 heteroatoms.